The smallest absolute Gasteiger partial charge is 0.224 e. The number of allylic oxidation sites excluding steroid dienone is 1. The molecule has 0 unspecified atom stereocenters. The Balaban J connectivity index is 1.59. The molecule has 2 aromatic carbocycles. The lowest BCUT2D eigenvalue weighted by atomic mass is 9.93. The number of nitrogens with one attached hydrogen (secondary N) is 2. The largest absolute Gasteiger partial charge is 0.439 e. The molecule has 2 radical (unpaired) electrons. The van der Waals surface area contributed by atoms with Gasteiger partial charge in [-0.05, 0) is 42.3 Å². The maximum absolute atomic E-state index is 11.1. The summed E-state index contributed by atoms with van der Waals surface area (Å²) >= 11 is 0. The van der Waals surface area contributed by atoms with Crippen LogP contribution in [0.15, 0.2) is 67.1 Å². The minimum atomic E-state index is -0.206. The van der Waals surface area contributed by atoms with Crippen LogP contribution in [0, 0.1) is 6.92 Å². The van der Waals surface area contributed by atoms with E-state index >= 15 is 0 Å². The number of benzene rings is 2. The van der Waals surface area contributed by atoms with Gasteiger partial charge in [0.1, 0.15) is 17.9 Å². The van der Waals surface area contributed by atoms with Gasteiger partial charge in [0.2, 0.25) is 11.8 Å². The first-order chi connectivity index (χ1) is 14.4. The summed E-state index contributed by atoms with van der Waals surface area (Å²) in [7, 11) is 5.78. The summed E-state index contributed by atoms with van der Waals surface area (Å²) in [5, 5.41) is 5.93. The number of amides is 1. The van der Waals surface area contributed by atoms with E-state index in [1.54, 1.807) is 6.07 Å². The molecule has 1 aromatic heterocycles. The van der Waals surface area contributed by atoms with Crippen LogP contribution in [0.5, 0.6) is 11.6 Å². The number of carbonyl (C=O) groups excluding carboxylic acids is 1. The van der Waals surface area contributed by atoms with Gasteiger partial charge in [-0.1, -0.05) is 36.7 Å². The molecule has 150 valence electrons. The third kappa shape index (κ3) is 5.94. The maximum atomic E-state index is 11.1. The standard InChI is InChI=1S/C23H23BN4O2/c1-15-4-7-20(11-19(15)13-24)27-16(2)10-18-5-8-21(9-6-18)30-23-12-22(25-14-26-23)28-17(3)29/h4-9,11-12,14,27H,2,10,13H2,1,3H3,(H,25,26,28,29). The molecule has 0 bridgehead atoms. The van der Waals surface area contributed by atoms with Crippen LogP contribution < -0.4 is 15.4 Å². The van der Waals surface area contributed by atoms with Crippen LogP contribution >= 0.6 is 0 Å². The highest BCUT2D eigenvalue weighted by atomic mass is 16.5. The number of hydrogen-bond acceptors (Lipinski definition) is 5. The summed E-state index contributed by atoms with van der Waals surface area (Å²) < 4.78 is 5.74. The molecule has 6 nitrogen and oxygen atoms in total. The number of aryl methyl sites for hydroxylation is 1. The highest BCUT2D eigenvalue weighted by Gasteiger charge is 2.05. The molecule has 0 saturated heterocycles. The molecule has 0 fully saturated rings. The van der Waals surface area contributed by atoms with Crippen molar-refractivity contribution in [2.75, 3.05) is 10.6 Å². The Labute approximate surface area is 177 Å². The van der Waals surface area contributed by atoms with Crippen LogP contribution in [-0.4, -0.2) is 23.7 Å². The van der Waals surface area contributed by atoms with Gasteiger partial charge in [-0.25, -0.2) is 9.97 Å². The number of ether oxygens (including phenoxy) is 1. The quantitative estimate of drug-likeness (QED) is 0.551. The van der Waals surface area contributed by atoms with E-state index in [0.717, 1.165) is 22.5 Å². The SMILES string of the molecule is [B]Cc1cc(NC(=C)Cc2ccc(Oc3cc(NC(C)=O)ncn3)cc2)ccc1C. The van der Waals surface area contributed by atoms with E-state index < -0.39 is 0 Å². The molecular formula is C23H23BN4O2. The zero-order chi connectivity index (χ0) is 21.5. The lowest BCUT2D eigenvalue weighted by Crippen LogP contribution is -2.07. The molecule has 7 heteroatoms. The number of rotatable bonds is 8. The Morgan fingerprint density at radius 2 is 1.87 bits per heavy atom. The van der Waals surface area contributed by atoms with Crippen molar-refractivity contribution in [1.82, 2.24) is 9.97 Å². The highest BCUT2D eigenvalue weighted by molar-refractivity contribution is 6.08. The average Bonchev–Trinajstić information content (AvgIpc) is 2.70. The van der Waals surface area contributed by atoms with Gasteiger partial charge >= 0.3 is 0 Å². The maximum Gasteiger partial charge on any atom is 0.224 e. The number of aromatic nitrogens is 2. The predicted molar refractivity (Wildman–Crippen MR) is 120 cm³/mol. The van der Waals surface area contributed by atoms with Crippen LogP contribution in [0.25, 0.3) is 0 Å². The van der Waals surface area contributed by atoms with Crippen molar-refractivity contribution < 1.29 is 9.53 Å². The Bertz CT molecular complexity index is 1050. The van der Waals surface area contributed by atoms with Gasteiger partial charge in [0, 0.05) is 30.8 Å². The molecule has 3 aromatic rings. The molecule has 0 saturated carbocycles. The van der Waals surface area contributed by atoms with E-state index in [9.17, 15) is 4.79 Å². The van der Waals surface area contributed by atoms with E-state index in [4.69, 9.17) is 12.6 Å². The minimum absolute atomic E-state index is 0.206. The summed E-state index contributed by atoms with van der Waals surface area (Å²) in [6.45, 7) is 7.59. The number of hydrogen-bond donors (Lipinski definition) is 2. The third-order valence-electron chi connectivity index (χ3n) is 4.40. The van der Waals surface area contributed by atoms with Crippen molar-refractivity contribution in [2.45, 2.75) is 26.6 Å². The van der Waals surface area contributed by atoms with Gasteiger partial charge in [-0.3, -0.25) is 4.79 Å². The fourth-order valence-corrected chi connectivity index (χ4v) is 2.90. The molecule has 3 rings (SSSR count). The van der Waals surface area contributed by atoms with Crippen LogP contribution in [0.3, 0.4) is 0 Å². The van der Waals surface area contributed by atoms with Crippen molar-refractivity contribution in [1.29, 1.82) is 0 Å². The van der Waals surface area contributed by atoms with E-state index in [-0.39, 0.29) is 5.91 Å². The molecule has 2 N–H and O–H groups in total. The van der Waals surface area contributed by atoms with Crippen molar-refractivity contribution >= 4 is 25.3 Å². The summed E-state index contributed by atoms with van der Waals surface area (Å²) in [4.78, 5) is 19.2. The fourth-order valence-electron chi connectivity index (χ4n) is 2.90. The first kappa shape index (κ1) is 21.1. The normalized spacial score (nSPS) is 10.3. The van der Waals surface area contributed by atoms with Crippen molar-refractivity contribution in [3.8, 4) is 11.6 Å². The Morgan fingerprint density at radius 3 is 2.57 bits per heavy atom. The molecule has 0 aliphatic rings. The van der Waals surface area contributed by atoms with E-state index in [0.29, 0.717) is 30.2 Å². The van der Waals surface area contributed by atoms with Gasteiger partial charge in [0.15, 0.2) is 0 Å². The van der Waals surface area contributed by atoms with Crippen LogP contribution in [0.1, 0.15) is 23.6 Å². The average molecular weight is 398 g/mol. The van der Waals surface area contributed by atoms with Crippen molar-refractivity contribution in [3.63, 3.8) is 0 Å². The molecule has 0 aliphatic heterocycles. The highest BCUT2D eigenvalue weighted by Crippen LogP contribution is 2.23. The Morgan fingerprint density at radius 1 is 1.10 bits per heavy atom. The Hall–Kier alpha value is -3.61. The minimum Gasteiger partial charge on any atom is -0.439 e. The van der Waals surface area contributed by atoms with Crippen LogP contribution in [0.2, 0.25) is 0 Å². The monoisotopic (exact) mass is 398 g/mol. The first-order valence-corrected chi connectivity index (χ1v) is 9.54. The van der Waals surface area contributed by atoms with Crippen molar-refractivity contribution in [3.05, 3.63) is 83.8 Å². The lowest BCUT2D eigenvalue weighted by molar-refractivity contribution is -0.114. The molecule has 30 heavy (non-hydrogen) atoms. The van der Waals surface area contributed by atoms with Gasteiger partial charge in [0.05, 0.1) is 7.85 Å². The van der Waals surface area contributed by atoms with Crippen LogP contribution in [0.4, 0.5) is 11.5 Å². The molecule has 1 heterocycles. The van der Waals surface area contributed by atoms with Gasteiger partial charge in [0.25, 0.3) is 0 Å². The number of carbonyl (C=O) groups is 1. The predicted octanol–water partition coefficient (Wildman–Crippen LogP) is 4.37. The second-order valence-corrected chi connectivity index (χ2v) is 6.92. The van der Waals surface area contributed by atoms with Crippen LogP contribution in [-0.2, 0) is 17.5 Å². The molecule has 1 amide bonds. The zero-order valence-electron chi connectivity index (χ0n) is 17.1. The second kappa shape index (κ2) is 9.74. The van der Waals surface area contributed by atoms with E-state index in [1.807, 2.05) is 43.3 Å². The van der Waals surface area contributed by atoms with E-state index in [2.05, 4.69) is 33.2 Å². The first-order valence-electron chi connectivity index (χ1n) is 9.54. The summed E-state index contributed by atoms with van der Waals surface area (Å²) in [5.74, 6) is 1.17. The summed E-state index contributed by atoms with van der Waals surface area (Å²) in [5.41, 5.74) is 5.24. The molecule has 0 aliphatic carbocycles. The lowest BCUT2D eigenvalue weighted by Gasteiger charge is -2.13. The number of nitrogens with zero attached hydrogens (tertiary/aromatic N) is 2. The molecular weight excluding hydrogens is 375 g/mol. The van der Waals surface area contributed by atoms with Gasteiger partial charge in [-0.2, -0.15) is 0 Å². The van der Waals surface area contributed by atoms with E-state index in [1.165, 1.54) is 18.8 Å². The third-order valence-corrected chi connectivity index (χ3v) is 4.40. The van der Waals surface area contributed by atoms with Gasteiger partial charge < -0.3 is 15.4 Å². The topological polar surface area (TPSA) is 76.1 Å². The Kier molecular flexibility index (Phi) is 6.85. The molecule has 0 atom stereocenters. The number of anilines is 2. The summed E-state index contributed by atoms with van der Waals surface area (Å²) in [6.07, 6.45) is 2.52. The fraction of sp³-hybridized carbons (Fsp3) is 0.174. The molecule has 0 spiro atoms. The zero-order valence-corrected chi connectivity index (χ0v) is 17.1. The second-order valence-electron chi connectivity index (χ2n) is 6.92. The van der Waals surface area contributed by atoms with Crippen molar-refractivity contribution in [2.24, 2.45) is 0 Å². The summed E-state index contributed by atoms with van der Waals surface area (Å²) in [6, 6.07) is 15.4. The van der Waals surface area contributed by atoms with Gasteiger partial charge in [-0.15, -0.1) is 0 Å².